The molecule has 0 fully saturated rings. The van der Waals surface area contributed by atoms with Crippen molar-refractivity contribution in [3.05, 3.63) is 29.8 Å². The number of nitrogens with one attached hydrogen (secondary N) is 2. The molecular formula is C18H21N5O4. The van der Waals surface area contributed by atoms with Crippen LogP contribution in [0, 0.1) is 22.7 Å². The number of hydrogen-bond donors (Lipinski definition) is 3. The molecule has 0 bridgehead atoms. The molecule has 0 aliphatic carbocycles. The van der Waals surface area contributed by atoms with Crippen LogP contribution in [-0.2, 0) is 9.59 Å². The zero-order valence-electron chi connectivity index (χ0n) is 15.3. The van der Waals surface area contributed by atoms with Gasteiger partial charge in [-0.25, -0.2) is 10.2 Å². The third kappa shape index (κ3) is 6.70. The number of carbonyl (C=O) groups excluding carboxylic acids is 4. The molecule has 1 aromatic carbocycles. The number of primary amides is 1. The summed E-state index contributed by atoms with van der Waals surface area (Å²) in [5, 5.41) is 15.6. The van der Waals surface area contributed by atoms with Crippen molar-refractivity contribution < 1.29 is 19.2 Å². The minimum absolute atomic E-state index is 0.0168. The second-order valence-corrected chi connectivity index (χ2v) is 6.55. The van der Waals surface area contributed by atoms with Crippen molar-refractivity contribution >= 4 is 35.4 Å². The second kappa shape index (κ2) is 9.24. The lowest BCUT2D eigenvalue weighted by molar-refractivity contribution is -0.115. The fourth-order valence-electron chi connectivity index (χ4n) is 2.16. The maximum Gasteiger partial charge on any atom is 0.332 e. The molecule has 1 rings (SSSR count). The lowest BCUT2D eigenvalue weighted by Crippen LogP contribution is -2.36. The lowest BCUT2D eigenvalue weighted by atomic mass is 9.82. The fourth-order valence-corrected chi connectivity index (χ4v) is 2.16. The number of anilines is 1. The number of hydrazone groups is 1. The summed E-state index contributed by atoms with van der Waals surface area (Å²) in [5.41, 5.74) is 6.58. The first kappa shape index (κ1) is 21.5. The van der Waals surface area contributed by atoms with Gasteiger partial charge in [0, 0.05) is 16.7 Å². The van der Waals surface area contributed by atoms with Gasteiger partial charge in [0.25, 0.3) is 5.91 Å². The first-order valence-electron chi connectivity index (χ1n) is 8.01. The van der Waals surface area contributed by atoms with Crippen LogP contribution in [0.2, 0.25) is 0 Å². The van der Waals surface area contributed by atoms with Crippen LogP contribution in [0.3, 0.4) is 0 Å². The molecule has 142 valence electrons. The highest BCUT2D eigenvalue weighted by molar-refractivity contribution is 6.44. The van der Waals surface area contributed by atoms with E-state index in [1.165, 1.54) is 31.2 Å². The van der Waals surface area contributed by atoms with Crippen molar-refractivity contribution in [3.8, 4) is 6.07 Å². The Morgan fingerprint density at radius 2 is 1.89 bits per heavy atom. The number of nitrogens with zero attached hydrogens (tertiary/aromatic N) is 2. The van der Waals surface area contributed by atoms with Gasteiger partial charge in [-0.3, -0.25) is 9.59 Å². The van der Waals surface area contributed by atoms with Crippen molar-refractivity contribution in [3.63, 3.8) is 0 Å². The summed E-state index contributed by atoms with van der Waals surface area (Å²) in [7, 11) is 0. The Hall–Kier alpha value is -3.54. The summed E-state index contributed by atoms with van der Waals surface area (Å²) >= 11 is 0. The molecule has 0 radical (unpaired) electrons. The average Bonchev–Trinajstić information content (AvgIpc) is 2.60. The summed E-state index contributed by atoms with van der Waals surface area (Å²) in [6.45, 7) is 4.64. The molecule has 9 heteroatoms. The van der Waals surface area contributed by atoms with E-state index < -0.39 is 23.3 Å². The zero-order valence-corrected chi connectivity index (χ0v) is 15.3. The van der Waals surface area contributed by atoms with Crippen LogP contribution in [0.25, 0.3) is 0 Å². The number of rotatable bonds is 8. The molecule has 0 aliphatic heterocycles. The summed E-state index contributed by atoms with van der Waals surface area (Å²) < 4.78 is 0. The van der Waals surface area contributed by atoms with Gasteiger partial charge >= 0.3 is 6.03 Å². The molecule has 0 saturated heterocycles. The van der Waals surface area contributed by atoms with E-state index in [0.29, 0.717) is 17.5 Å². The van der Waals surface area contributed by atoms with Crippen LogP contribution in [-0.4, -0.2) is 29.7 Å². The fraction of sp³-hybridized carbons (Fsp3) is 0.333. The molecule has 0 spiro atoms. The Labute approximate surface area is 156 Å². The van der Waals surface area contributed by atoms with Gasteiger partial charge in [-0.1, -0.05) is 13.8 Å². The standard InChI is InChI=1S/C18H21N5O4/c1-11(25)12-4-6-14(7-5-12)21-16(26)15(22-23-17(20)27)13(9-19)8-18(2,3)10-24/h4-7,10,13H,8H2,1-3H3,(H,21,26)(H3,20,23,27)/b22-15+. The van der Waals surface area contributed by atoms with E-state index in [9.17, 15) is 24.4 Å². The van der Waals surface area contributed by atoms with Crippen molar-refractivity contribution in [2.24, 2.45) is 22.2 Å². The van der Waals surface area contributed by atoms with Crippen molar-refractivity contribution in [2.45, 2.75) is 27.2 Å². The highest BCUT2D eigenvalue weighted by atomic mass is 16.2. The predicted molar refractivity (Wildman–Crippen MR) is 98.8 cm³/mol. The lowest BCUT2D eigenvalue weighted by Gasteiger charge is -2.21. The van der Waals surface area contributed by atoms with E-state index in [4.69, 9.17) is 5.73 Å². The van der Waals surface area contributed by atoms with Crippen LogP contribution in [0.4, 0.5) is 10.5 Å². The van der Waals surface area contributed by atoms with Gasteiger partial charge in [0.2, 0.25) is 0 Å². The van der Waals surface area contributed by atoms with Gasteiger partial charge in [-0.05, 0) is 37.6 Å². The number of aldehydes is 1. The van der Waals surface area contributed by atoms with Crippen LogP contribution in [0.5, 0.6) is 0 Å². The van der Waals surface area contributed by atoms with Crippen molar-refractivity contribution in [1.29, 1.82) is 5.26 Å². The quantitative estimate of drug-likeness (QED) is 0.274. The van der Waals surface area contributed by atoms with E-state index in [1.54, 1.807) is 13.8 Å². The number of benzene rings is 1. The van der Waals surface area contributed by atoms with Crippen molar-refractivity contribution in [1.82, 2.24) is 5.43 Å². The highest BCUT2D eigenvalue weighted by Crippen LogP contribution is 2.24. The van der Waals surface area contributed by atoms with E-state index in [-0.39, 0.29) is 17.9 Å². The van der Waals surface area contributed by atoms with Crippen LogP contribution >= 0.6 is 0 Å². The smallest absolute Gasteiger partial charge is 0.332 e. The molecule has 0 aliphatic rings. The summed E-state index contributed by atoms with van der Waals surface area (Å²) in [6, 6.07) is 7.02. The molecule has 1 unspecified atom stereocenters. The van der Waals surface area contributed by atoms with E-state index >= 15 is 0 Å². The largest absolute Gasteiger partial charge is 0.350 e. The minimum atomic E-state index is -1.06. The van der Waals surface area contributed by atoms with Gasteiger partial charge in [-0.2, -0.15) is 10.4 Å². The number of hydrogen-bond acceptors (Lipinski definition) is 6. The first-order chi connectivity index (χ1) is 12.6. The SMILES string of the molecule is CC(=O)c1ccc(NC(=O)/C(=N/NC(N)=O)C(C#N)CC(C)(C)C=O)cc1. The Balaban J connectivity index is 3.11. The number of nitrogens with two attached hydrogens (primary N) is 1. The zero-order chi connectivity index (χ0) is 20.6. The first-order valence-corrected chi connectivity index (χ1v) is 8.01. The Bertz CT molecular complexity index is 806. The van der Waals surface area contributed by atoms with Gasteiger partial charge in [0.05, 0.1) is 12.0 Å². The van der Waals surface area contributed by atoms with Crippen LogP contribution < -0.4 is 16.5 Å². The molecule has 4 N–H and O–H groups in total. The topological polar surface area (TPSA) is 155 Å². The van der Waals surface area contributed by atoms with E-state index in [1.807, 2.05) is 11.5 Å². The summed E-state index contributed by atoms with van der Waals surface area (Å²) in [5.74, 6) is -1.93. The molecule has 0 aromatic heterocycles. The van der Waals surface area contributed by atoms with Crippen LogP contribution in [0.15, 0.2) is 29.4 Å². The van der Waals surface area contributed by atoms with Crippen LogP contribution in [0.1, 0.15) is 37.6 Å². The Morgan fingerprint density at radius 3 is 2.33 bits per heavy atom. The van der Waals surface area contributed by atoms with Gasteiger partial charge in [0.15, 0.2) is 5.78 Å². The van der Waals surface area contributed by atoms with E-state index in [2.05, 4.69) is 10.4 Å². The maximum absolute atomic E-state index is 12.6. The summed E-state index contributed by atoms with van der Waals surface area (Å²) in [6.07, 6.45) is 0.692. The molecule has 0 heterocycles. The molecule has 3 amide bonds. The third-order valence-electron chi connectivity index (χ3n) is 3.60. The summed E-state index contributed by atoms with van der Waals surface area (Å²) in [4.78, 5) is 46.0. The average molecular weight is 371 g/mol. The molecule has 0 saturated carbocycles. The highest BCUT2D eigenvalue weighted by Gasteiger charge is 2.30. The number of ketones is 1. The second-order valence-electron chi connectivity index (χ2n) is 6.55. The number of amides is 3. The maximum atomic E-state index is 12.6. The molecular weight excluding hydrogens is 350 g/mol. The van der Waals surface area contributed by atoms with Gasteiger partial charge < -0.3 is 15.8 Å². The van der Waals surface area contributed by atoms with Gasteiger partial charge in [-0.15, -0.1) is 0 Å². The van der Waals surface area contributed by atoms with E-state index in [0.717, 1.165) is 0 Å². The Kier molecular flexibility index (Phi) is 7.36. The molecule has 1 atom stereocenters. The third-order valence-corrected chi connectivity index (χ3v) is 3.60. The monoisotopic (exact) mass is 371 g/mol. The number of nitriles is 1. The molecule has 27 heavy (non-hydrogen) atoms. The number of Topliss-reactive ketones (excluding diaryl/α,β-unsaturated/α-hetero) is 1. The molecule has 1 aromatic rings. The molecule has 9 nitrogen and oxygen atoms in total. The van der Waals surface area contributed by atoms with Gasteiger partial charge in [0.1, 0.15) is 12.0 Å². The normalized spacial score (nSPS) is 12.4. The van der Waals surface area contributed by atoms with Crippen molar-refractivity contribution in [2.75, 3.05) is 5.32 Å². The number of urea groups is 1. The Morgan fingerprint density at radius 1 is 1.30 bits per heavy atom. The number of carbonyl (C=O) groups is 4. The predicted octanol–water partition coefficient (Wildman–Crippen LogP) is 1.61. The minimum Gasteiger partial charge on any atom is -0.350 e.